The van der Waals surface area contributed by atoms with Crippen LogP contribution in [0.15, 0.2) is 24.3 Å². The molecule has 0 aromatic heterocycles. The Hall–Kier alpha value is -1.86. The van der Waals surface area contributed by atoms with Crippen molar-refractivity contribution in [2.75, 3.05) is 13.2 Å². The lowest BCUT2D eigenvalue weighted by molar-refractivity contribution is -0.138. The fourth-order valence-electron chi connectivity index (χ4n) is 1.25. The van der Waals surface area contributed by atoms with Gasteiger partial charge in [0.2, 0.25) is 0 Å². The fourth-order valence-corrected chi connectivity index (χ4v) is 1.25. The van der Waals surface area contributed by atoms with Crippen molar-refractivity contribution in [1.82, 2.24) is 0 Å². The van der Waals surface area contributed by atoms with Crippen LogP contribution in [0.4, 0.5) is 0 Å². The molecule has 0 spiro atoms. The molecule has 1 rings (SSSR count). The maximum atomic E-state index is 10.2. The quantitative estimate of drug-likeness (QED) is 0.737. The second-order valence-corrected chi connectivity index (χ2v) is 3.32. The number of ether oxygens (including phenoxy) is 1. The van der Waals surface area contributed by atoms with Crippen LogP contribution in [0.3, 0.4) is 0 Å². The van der Waals surface area contributed by atoms with E-state index in [-0.39, 0.29) is 13.0 Å². The van der Waals surface area contributed by atoms with Crippen molar-refractivity contribution in [3.8, 4) is 6.07 Å². The number of nitriles is 1. The summed E-state index contributed by atoms with van der Waals surface area (Å²) in [4.78, 5) is 10.2. The standard InChI is InChI=1S/C12H13NO3/c13-9-11-3-1-2-10(8-11)4-6-16-7-5-12(14)15/h1-3,8H,4-7H2,(H,14,15). The molecule has 0 aliphatic heterocycles. The van der Waals surface area contributed by atoms with E-state index >= 15 is 0 Å². The van der Waals surface area contributed by atoms with Gasteiger partial charge >= 0.3 is 5.97 Å². The molecular formula is C12H13NO3. The van der Waals surface area contributed by atoms with Gasteiger partial charge in [0.25, 0.3) is 0 Å². The van der Waals surface area contributed by atoms with E-state index in [0.29, 0.717) is 18.6 Å². The fraction of sp³-hybridized carbons (Fsp3) is 0.333. The molecule has 0 unspecified atom stereocenters. The normalized spacial score (nSPS) is 9.69. The van der Waals surface area contributed by atoms with Gasteiger partial charge in [0.1, 0.15) is 0 Å². The van der Waals surface area contributed by atoms with Crippen LogP contribution in [0.2, 0.25) is 0 Å². The highest BCUT2D eigenvalue weighted by molar-refractivity contribution is 5.66. The Kier molecular flexibility index (Phi) is 5.03. The van der Waals surface area contributed by atoms with Crippen molar-refractivity contribution >= 4 is 5.97 Å². The molecule has 1 aromatic rings. The van der Waals surface area contributed by atoms with E-state index in [1.54, 1.807) is 12.1 Å². The Labute approximate surface area is 94.1 Å². The summed E-state index contributed by atoms with van der Waals surface area (Å²) in [6.45, 7) is 0.704. The van der Waals surface area contributed by atoms with Crippen molar-refractivity contribution in [3.63, 3.8) is 0 Å². The van der Waals surface area contributed by atoms with E-state index in [1.165, 1.54) is 0 Å². The summed E-state index contributed by atoms with van der Waals surface area (Å²) >= 11 is 0. The third-order valence-corrected chi connectivity index (χ3v) is 2.05. The topological polar surface area (TPSA) is 70.3 Å². The summed E-state index contributed by atoms with van der Waals surface area (Å²) in [5.41, 5.74) is 1.65. The van der Waals surface area contributed by atoms with Gasteiger partial charge in [-0.05, 0) is 24.1 Å². The highest BCUT2D eigenvalue weighted by atomic mass is 16.5. The van der Waals surface area contributed by atoms with E-state index in [2.05, 4.69) is 6.07 Å². The van der Waals surface area contributed by atoms with Crippen molar-refractivity contribution in [2.24, 2.45) is 0 Å². The van der Waals surface area contributed by atoms with Crippen molar-refractivity contribution in [3.05, 3.63) is 35.4 Å². The molecule has 0 amide bonds. The summed E-state index contributed by atoms with van der Waals surface area (Å²) in [6, 6.07) is 9.36. The molecule has 0 atom stereocenters. The van der Waals surface area contributed by atoms with Gasteiger partial charge < -0.3 is 9.84 Å². The second kappa shape index (κ2) is 6.59. The zero-order valence-corrected chi connectivity index (χ0v) is 8.85. The first kappa shape index (κ1) is 12.2. The summed E-state index contributed by atoms with van der Waals surface area (Å²) in [5, 5.41) is 17.1. The largest absolute Gasteiger partial charge is 0.481 e. The monoisotopic (exact) mass is 219 g/mol. The molecule has 84 valence electrons. The van der Waals surface area contributed by atoms with Crippen molar-refractivity contribution < 1.29 is 14.6 Å². The Morgan fingerprint density at radius 3 is 2.94 bits per heavy atom. The molecule has 1 N–H and O–H groups in total. The van der Waals surface area contributed by atoms with E-state index in [1.807, 2.05) is 12.1 Å². The van der Waals surface area contributed by atoms with Crippen LogP contribution in [0.1, 0.15) is 17.5 Å². The van der Waals surface area contributed by atoms with Crippen LogP contribution in [0.25, 0.3) is 0 Å². The predicted molar refractivity (Wildman–Crippen MR) is 57.9 cm³/mol. The van der Waals surface area contributed by atoms with Gasteiger partial charge in [-0.1, -0.05) is 12.1 Å². The molecule has 0 bridgehead atoms. The number of benzene rings is 1. The minimum Gasteiger partial charge on any atom is -0.481 e. The van der Waals surface area contributed by atoms with Gasteiger partial charge in [0.05, 0.1) is 31.3 Å². The number of nitrogens with zero attached hydrogens (tertiary/aromatic N) is 1. The lowest BCUT2D eigenvalue weighted by atomic mass is 10.1. The number of rotatable bonds is 6. The van der Waals surface area contributed by atoms with Crippen molar-refractivity contribution in [2.45, 2.75) is 12.8 Å². The lowest BCUT2D eigenvalue weighted by Crippen LogP contribution is -2.05. The van der Waals surface area contributed by atoms with E-state index in [9.17, 15) is 4.79 Å². The van der Waals surface area contributed by atoms with Crippen LogP contribution in [0, 0.1) is 11.3 Å². The second-order valence-electron chi connectivity index (χ2n) is 3.32. The number of aliphatic carboxylic acids is 1. The van der Waals surface area contributed by atoms with E-state index in [4.69, 9.17) is 15.1 Å². The first-order valence-corrected chi connectivity index (χ1v) is 5.01. The number of carbonyl (C=O) groups is 1. The van der Waals surface area contributed by atoms with E-state index < -0.39 is 5.97 Å². The highest BCUT2D eigenvalue weighted by Crippen LogP contribution is 2.05. The SMILES string of the molecule is N#Cc1cccc(CCOCCC(=O)O)c1. The van der Waals surface area contributed by atoms with Gasteiger partial charge in [0, 0.05) is 0 Å². The lowest BCUT2D eigenvalue weighted by Gasteiger charge is -2.03. The molecule has 4 heteroatoms. The van der Waals surface area contributed by atoms with Gasteiger partial charge in [-0.3, -0.25) is 4.79 Å². The molecular weight excluding hydrogens is 206 g/mol. The molecule has 0 heterocycles. The molecule has 4 nitrogen and oxygen atoms in total. The first-order chi connectivity index (χ1) is 7.72. The number of hydrogen-bond acceptors (Lipinski definition) is 3. The Morgan fingerprint density at radius 2 is 2.25 bits per heavy atom. The molecule has 1 aromatic carbocycles. The zero-order valence-electron chi connectivity index (χ0n) is 8.85. The third-order valence-electron chi connectivity index (χ3n) is 2.05. The first-order valence-electron chi connectivity index (χ1n) is 5.01. The number of carboxylic acids is 1. The minimum atomic E-state index is -0.855. The molecule has 0 saturated carbocycles. The van der Waals surface area contributed by atoms with Crippen LogP contribution in [-0.4, -0.2) is 24.3 Å². The number of carboxylic acid groups (broad SMARTS) is 1. The summed E-state index contributed by atoms with van der Waals surface area (Å²) in [5.74, 6) is -0.855. The third kappa shape index (κ3) is 4.58. The van der Waals surface area contributed by atoms with Gasteiger partial charge in [-0.15, -0.1) is 0 Å². The molecule has 16 heavy (non-hydrogen) atoms. The average molecular weight is 219 g/mol. The van der Waals surface area contributed by atoms with Gasteiger partial charge in [-0.2, -0.15) is 5.26 Å². The van der Waals surface area contributed by atoms with Crippen molar-refractivity contribution in [1.29, 1.82) is 5.26 Å². The van der Waals surface area contributed by atoms with Crippen LogP contribution >= 0.6 is 0 Å². The number of hydrogen-bond donors (Lipinski definition) is 1. The maximum absolute atomic E-state index is 10.2. The summed E-state index contributed by atoms with van der Waals surface area (Å²) in [7, 11) is 0. The molecule has 0 radical (unpaired) electrons. The summed E-state index contributed by atoms with van der Waals surface area (Å²) < 4.78 is 5.16. The smallest absolute Gasteiger partial charge is 0.305 e. The summed E-state index contributed by atoms with van der Waals surface area (Å²) in [6.07, 6.45) is 0.716. The molecule has 0 aliphatic rings. The van der Waals surface area contributed by atoms with Gasteiger partial charge in [0.15, 0.2) is 0 Å². The molecule has 0 aliphatic carbocycles. The average Bonchev–Trinajstić information content (AvgIpc) is 2.28. The minimum absolute atomic E-state index is 0.0260. The molecule has 0 saturated heterocycles. The van der Waals surface area contributed by atoms with E-state index in [0.717, 1.165) is 5.56 Å². The maximum Gasteiger partial charge on any atom is 0.305 e. The Bertz CT molecular complexity index is 395. The Balaban J connectivity index is 2.27. The zero-order chi connectivity index (χ0) is 11.8. The molecule has 0 fully saturated rings. The van der Waals surface area contributed by atoms with Gasteiger partial charge in [-0.25, -0.2) is 0 Å². The predicted octanol–water partition coefficient (Wildman–Crippen LogP) is 1.59. The van der Waals surface area contributed by atoms with Crippen LogP contribution in [0.5, 0.6) is 0 Å². The van der Waals surface area contributed by atoms with Crippen LogP contribution < -0.4 is 0 Å². The highest BCUT2D eigenvalue weighted by Gasteiger charge is 1.98. The van der Waals surface area contributed by atoms with Crippen LogP contribution in [-0.2, 0) is 16.0 Å². The Morgan fingerprint density at radius 1 is 1.44 bits per heavy atom.